The molecule has 0 aromatic carbocycles. The highest BCUT2D eigenvalue weighted by Gasteiger charge is 2.59. The third-order valence-corrected chi connectivity index (χ3v) is 5.96. The number of ether oxygens (including phenoxy) is 4. The minimum Gasteiger partial charge on any atom is -0.382 e. The minimum absolute atomic E-state index is 0.328. The third-order valence-electron chi connectivity index (χ3n) is 5.96. The normalized spacial score (nSPS) is 25.0. The summed E-state index contributed by atoms with van der Waals surface area (Å²) in [6, 6.07) is 6.02. The molecular weight excluding hydrogens is 422 g/mol. The monoisotopic (exact) mass is 459 g/mol. The first kappa shape index (κ1) is 25.4. The Labute approximate surface area is 196 Å². The predicted molar refractivity (Wildman–Crippen MR) is 125 cm³/mol. The molecule has 3 heterocycles. The number of nitrogen functional groups attached to an aromatic ring is 1. The van der Waals surface area contributed by atoms with E-state index in [1.807, 2.05) is 6.07 Å². The van der Waals surface area contributed by atoms with Gasteiger partial charge in [-0.15, -0.1) is 0 Å². The Balaban J connectivity index is 2.00. The second kappa shape index (κ2) is 12.3. The van der Waals surface area contributed by atoms with Crippen LogP contribution in [0.15, 0.2) is 18.5 Å². The van der Waals surface area contributed by atoms with Crippen LogP contribution in [0.3, 0.4) is 0 Å². The zero-order valence-corrected chi connectivity index (χ0v) is 20.0. The molecule has 0 aliphatic carbocycles. The number of nitrogens with zero attached hydrogens (tertiary/aromatic N) is 4. The van der Waals surface area contributed by atoms with Gasteiger partial charge in [0, 0.05) is 19.8 Å². The van der Waals surface area contributed by atoms with Crippen molar-refractivity contribution in [3.8, 4) is 6.07 Å². The fraction of sp³-hybridized carbons (Fsp3) is 0.708. The Kier molecular flexibility index (Phi) is 9.44. The minimum atomic E-state index is -1.42. The summed E-state index contributed by atoms with van der Waals surface area (Å²) in [6.45, 7) is 8.37. The van der Waals surface area contributed by atoms with Crippen LogP contribution >= 0.6 is 0 Å². The van der Waals surface area contributed by atoms with Crippen molar-refractivity contribution in [1.82, 2.24) is 14.6 Å². The molecule has 33 heavy (non-hydrogen) atoms. The van der Waals surface area contributed by atoms with Gasteiger partial charge in [0.1, 0.15) is 36.2 Å². The van der Waals surface area contributed by atoms with E-state index in [1.165, 1.54) is 6.33 Å². The molecule has 2 aromatic heterocycles. The summed E-state index contributed by atoms with van der Waals surface area (Å²) in [7, 11) is 0. The standard InChI is InChI=1S/C24H37N5O4/c1-4-7-12-30-15-19-21(31-13-8-5-2)22(32-14-9-6-3)24(16-25,33-19)20-11-10-18-23(26)27-17-28-29(18)20/h10-11,17,19,21-22H,4-9,12-15H2,1-3H3,(H2,26,27,28)/t19-,21-,22-,24?/m1/s1. The van der Waals surface area contributed by atoms with Crippen LogP contribution in [-0.4, -0.2) is 59.3 Å². The van der Waals surface area contributed by atoms with Crippen molar-refractivity contribution >= 4 is 11.3 Å². The molecular formula is C24H37N5O4. The van der Waals surface area contributed by atoms with Crippen molar-refractivity contribution in [3.05, 3.63) is 24.2 Å². The highest BCUT2D eigenvalue weighted by Crippen LogP contribution is 2.43. The highest BCUT2D eigenvalue weighted by atomic mass is 16.6. The number of nitrogens with two attached hydrogens (primary N) is 1. The quantitative estimate of drug-likeness (QED) is 0.426. The Morgan fingerprint density at radius 3 is 2.48 bits per heavy atom. The van der Waals surface area contributed by atoms with E-state index in [0.717, 1.165) is 38.5 Å². The van der Waals surface area contributed by atoms with Gasteiger partial charge in [-0.2, -0.15) is 10.4 Å². The molecule has 1 saturated heterocycles. The van der Waals surface area contributed by atoms with E-state index in [-0.39, 0.29) is 0 Å². The molecule has 3 rings (SSSR count). The van der Waals surface area contributed by atoms with Gasteiger partial charge < -0.3 is 24.7 Å². The third kappa shape index (κ3) is 5.46. The van der Waals surface area contributed by atoms with Crippen molar-refractivity contribution in [1.29, 1.82) is 5.26 Å². The Bertz CT molecular complexity index is 914. The van der Waals surface area contributed by atoms with Crippen molar-refractivity contribution < 1.29 is 18.9 Å². The molecule has 0 saturated carbocycles. The second-order valence-electron chi connectivity index (χ2n) is 8.43. The van der Waals surface area contributed by atoms with Crippen LogP contribution in [0.2, 0.25) is 0 Å². The maximum atomic E-state index is 10.5. The lowest BCUT2D eigenvalue weighted by Crippen LogP contribution is -2.44. The molecule has 0 amide bonds. The summed E-state index contributed by atoms with van der Waals surface area (Å²) in [5, 5.41) is 14.9. The van der Waals surface area contributed by atoms with Gasteiger partial charge in [0.15, 0.2) is 5.82 Å². The molecule has 0 spiro atoms. The molecule has 1 unspecified atom stereocenters. The summed E-state index contributed by atoms with van der Waals surface area (Å²) in [5.74, 6) is 0.334. The molecule has 0 radical (unpaired) electrons. The number of hydrogen-bond acceptors (Lipinski definition) is 8. The van der Waals surface area contributed by atoms with Crippen LogP contribution in [0.25, 0.3) is 5.52 Å². The zero-order valence-electron chi connectivity index (χ0n) is 20.0. The van der Waals surface area contributed by atoms with Crippen LogP contribution in [-0.2, 0) is 24.5 Å². The van der Waals surface area contributed by atoms with Gasteiger partial charge in [-0.05, 0) is 31.4 Å². The van der Waals surface area contributed by atoms with E-state index in [4.69, 9.17) is 24.7 Å². The van der Waals surface area contributed by atoms with E-state index < -0.39 is 23.9 Å². The maximum Gasteiger partial charge on any atom is 0.225 e. The van der Waals surface area contributed by atoms with E-state index in [9.17, 15) is 5.26 Å². The number of hydrogen-bond donors (Lipinski definition) is 1. The number of unbranched alkanes of at least 4 members (excludes halogenated alkanes) is 3. The number of anilines is 1. The Hall–Kier alpha value is -2.25. The number of aromatic nitrogens is 3. The van der Waals surface area contributed by atoms with E-state index >= 15 is 0 Å². The molecule has 4 atom stereocenters. The molecule has 1 aliphatic rings. The first-order valence-electron chi connectivity index (χ1n) is 12.1. The summed E-state index contributed by atoms with van der Waals surface area (Å²) < 4.78 is 26.7. The van der Waals surface area contributed by atoms with Gasteiger partial charge in [-0.1, -0.05) is 40.0 Å². The van der Waals surface area contributed by atoms with Crippen LogP contribution in [0, 0.1) is 11.3 Å². The average Bonchev–Trinajstić information content (AvgIpc) is 3.38. The SMILES string of the molecule is CCCCOC[C@H]1OC(C#N)(c2ccc3c(N)ncnn23)[C@H](OCCCC)[C@@H]1OCCCC. The van der Waals surface area contributed by atoms with Crippen LogP contribution in [0.4, 0.5) is 5.82 Å². The lowest BCUT2D eigenvalue weighted by atomic mass is 9.92. The fourth-order valence-corrected chi connectivity index (χ4v) is 4.09. The first-order chi connectivity index (χ1) is 16.1. The van der Waals surface area contributed by atoms with Crippen LogP contribution in [0.1, 0.15) is 65.0 Å². The predicted octanol–water partition coefficient (Wildman–Crippen LogP) is 3.62. The molecule has 2 aromatic rings. The fourth-order valence-electron chi connectivity index (χ4n) is 4.09. The average molecular weight is 460 g/mol. The Morgan fingerprint density at radius 1 is 1.09 bits per heavy atom. The molecule has 0 bridgehead atoms. The highest BCUT2D eigenvalue weighted by molar-refractivity contribution is 5.66. The van der Waals surface area contributed by atoms with Crippen LogP contribution < -0.4 is 5.73 Å². The lowest BCUT2D eigenvalue weighted by Gasteiger charge is -2.29. The molecule has 1 aliphatic heterocycles. The topological polar surface area (TPSA) is 117 Å². The van der Waals surface area contributed by atoms with Gasteiger partial charge in [0.25, 0.3) is 0 Å². The lowest BCUT2D eigenvalue weighted by molar-refractivity contribution is -0.0901. The van der Waals surface area contributed by atoms with Crippen molar-refractivity contribution in [2.45, 2.75) is 83.2 Å². The first-order valence-corrected chi connectivity index (χ1v) is 12.1. The summed E-state index contributed by atoms with van der Waals surface area (Å²) in [5.41, 5.74) is 5.79. The van der Waals surface area contributed by atoms with Gasteiger partial charge in [0.2, 0.25) is 5.60 Å². The number of nitriles is 1. The second-order valence-corrected chi connectivity index (χ2v) is 8.43. The summed E-state index contributed by atoms with van der Waals surface area (Å²) in [6.07, 6.45) is 5.64. The van der Waals surface area contributed by atoms with Gasteiger partial charge in [-0.25, -0.2) is 9.50 Å². The zero-order chi connectivity index (χ0) is 23.7. The van der Waals surface area contributed by atoms with Crippen LogP contribution in [0.5, 0.6) is 0 Å². The van der Waals surface area contributed by atoms with Gasteiger partial charge in [-0.3, -0.25) is 0 Å². The largest absolute Gasteiger partial charge is 0.382 e. The van der Waals surface area contributed by atoms with Gasteiger partial charge >= 0.3 is 0 Å². The van der Waals surface area contributed by atoms with Gasteiger partial charge in [0.05, 0.1) is 12.3 Å². The van der Waals surface area contributed by atoms with E-state index in [2.05, 4.69) is 36.9 Å². The maximum absolute atomic E-state index is 10.5. The summed E-state index contributed by atoms with van der Waals surface area (Å²) in [4.78, 5) is 4.06. The van der Waals surface area contributed by atoms with Crippen molar-refractivity contribution in [2.75, 3.05) is 32.2 Å². The van der Waals surface area contributed by atoms with E-state index in [1.54, 1.807) is 10.6 Å². The Morgan fingerprint density at radius 2 is 1.79 bits per heavy atom. The summed E-state index contributed by atoms with van der Waals surface area (Å²) >= 11 is 0. The number of rotatable bonds is 14. The van der Waals surface area contributed by atoms with Crippen molar-refractivity contribution in [2.24, 2.45) is 0 Å². The molecule has 1 fully saturated rings. The van der Waals surface area contributed by atoms with E-state index in [0.29, 0.717) is 43.5 Å². The van der Waals surface area contributed by atoms with Crippen molar-refractivity contribution in [3.63, 3.8) is 0 Å². The molecule has 9 nitrogen and oxygen atoms in total. The molecule has 9 heteroatoms. The number of fused-ring (bicyclic) bond motifs is 1. The molecule has 2 N–H and O–H groups in total. The smallest absolute Gasteiger partial charge is 0.225 e. The molecule has 182 valence electrons.